The van der Waals surface area contributed by atoms with E-state index in [2.05, 4.69) is 5.32 Å². The van der Waals surface area contributed by atoms with Gasteiger partial charge in [0.25, 0.3) is 0 Å². The molecular formula is C16H32N2O7. The van der Waals surface area contributed by atoms with Gasteiger partial charge in [0.15, 0.2) is 0 Å². The van der Waals surface area contributed by atoms with Crippen molar-refractivity contribution in [3.63, 3.8) is 0 Å². The van der Waals surface area contributed by atoms with Gasteiger partial charge in [0.2, 0.25) is 5.91 Å². The summed E-state index contributed by atoms with van der Waals surface area (Å²) in [6, 6.07) is -0.830. The maximum Gasteiger partial charge on any atom is 0.320 e. The first-order valence-corrected chi connectivity index (χ1v) is 8.55. The SMILES string of the molecule is COCCOCCOCCOCCC(=O)NCCCCC(N)C(=O)O. The van der Waals surface area contributed by atoms with E-state index in [1.54, 1.807) is 7.11 Å². The van der Waals surface area contributed by atoms with Crippen LogP contribution in [0.15, 0.2) is 0 Å². The number of methoxy groups -OCH3 is 1. The molecule has 0 heterocycles. The third-order valence-electron chi connectivity index (χ3n) is 3.23. The highest BCUT2D eigenvalue weighted by Crippen LogP contribution is 1.98. The summed E-state index contributed by atoms with van der Waals surface area (Å²) in [6.45, 7) is 3.87. The number of hydrogen-bond donors (Lipinski definition) is 3. The summed E-state index contributed by atoms with van der Waals surface area (Å²) in [5, 5.41) is 11.4. The number of ether oxygens (including phenoxy) is 4. The van der Waals surface area contributed by atoms with Gasteiger partial charge in [-0.2, -0.15) is 0 Å². The molecule has 148 valence electrons. The van der Waals surface area contributed by atoms with Crippen LogP contribution < -0.4 is 11.1 Å². The van der Waals surface area contributed by atoms with E-state index in [1.165, 1.54) is 0 Å². The number of amides is 1. The molecule has 0 saturated heterocycles. The number of carbonyl (C=O) groups excluding carboxylic acids is 1. The van der Waals surface area contributed by atoms with Gasteiger partial charge in [-0.1, -0.05) is 0 Å². The fraction of sp³-hybridized carbons (Fsp3) is 0.875. The second-order valence-electron chi connectivity index (χ2n) is 5.37. The van der Waals surface area contributed by atoms with Gasteiger partial charge in [-0.3, -0.25) is 9.59 Å². The van der Waals surface area contributed by atoms with Crippen molar-refractivity contribution in [1.29, 1.82) is 0 Å². The molecule has 0 aromatic rings. The Labute approximate surface area is 149 Å². The number of rotatable bonds is 18. The summed E-state index contributed by atoms with van der Waals surface area (Å²) < 4.78 is 20.7. The Bertz CT molecular complexity index is 342. The molecule has 1 unspecified atom stereocenters. The van der Waals surface area contributed by atoms with Crippen LogP contribution >= 0.6 is 0 Å². The lowest BCUT2D eigenvalue weighted by molar-refractivity contribution is -0.138. The maximum atomic E-state index is 11.5. The van der Waals surface area contributed by atoms with Gasteiger partial charge < -0.3 is 35.1 Å². The Hall–Kier alpha value is -1.26. The third-order valence-corrected chi connectivity index (χ3v) is 3.23. The number of carboxylic acid groups (broad SMARTS) is 1. The van der Waals surface area contributed by atoms with Crippen molar-refractivity contribution < 1.29 is 33.6 Å². The molecule has 0 bridgehead atoms. The standard InChI is InChI=1S/C16H32N2O7/c1-22-8-9-24-12-13-25-11-10-23-7-5-15(19)18-6-3-2-4-14(17)16(20)21/h14H,2-13,17H2,1H3,(H,18,19)(H,20,21). The number of aliphatic carboxylic acids is 1. The number of nitrogens with two attached hydrogens (primary N) is 1. The maximum absolute atomic E-state index is 11.5. The van der Waals surface area contributed by atoms with Gasteiger partial charge in [0.05, 0.1) is 46.2 Å². The molecule has 0 spiro atoms. The first-order chi connectivity index (χ1) is 12.1. The topological polar surface area (TPSA) is 129 Å². The second-order valence-corrected chi connectivity index (χ2v) is 5.37. The molecule has 0 aromatic carbocycles. The number of carboxylic acids is 1. The van der Waals surface area contributed by atoms with E-state index in [-0.39, 0.29) is 12.3 Å². The Kier molecular flexibility index (Phi) is 16.7. The minimum Gasteiger partial charge on any atom is -0.480 e. The second kappa shape index (κ2) is 17.6. The predicted octanol–water partition coefficient (Wildman–Crippen LogP) is -0.229. The lowest BCUT2D eigenvalue weighted by Crippen LogP contribution is -2.30. The smallest absolute Gasteiger partial charge is 0.320 e. The fourth-order valence-corrected chi connectivity index (χ4v) is 1.78. The molecule has 0 rings (SSSR count). The molecule has 0 aliphatic carbocycles. The lowest BCUT2D eigenvalue weighted by Gasteiger charge is -2.08. The Morgan fingerprint density at radius 1 is 0.960 bits per heavy atom. The molecule has 0 fully saturated rings. The Morgan fingerprint density at radius 2 is 1.52 bits per heavy atom. The van der Waals surface area contributed by atoms with E-state index in [0.29, 0.717) is 72.1 Å². The van der Waals surface area contributed by atoms with Crippen LogP contribution in [-0.4, -0.2) is 82.9 Å². The van der Waals surface area contributed by atoms with Crippen molar-refractivity contribution in [2.45, 2.75) is 31.7 Å². The number of carbonyl (C=O) groups is 2. The van der Waals surface area contributed by atoms with E-state index >= 15 is 0 Å². The average Bonchev–Trinajstić information content (AvgIpc) is 2.59. The zero-order valence-corrected chi connectivity index (χ0v) is 15.0. The van der Waals surface area contributed by atoms with E-state index in [0.717, 1.165) is 0 Å². The molecule has 1 atom stereocenters. The molecule has 4 N–H and O–H groups in total. The van der Waals surface area contributed by atoms with Gasteiger partial charge in [-0.15, -0.1) is 0 Å². The molecule has 0 aliphatic rings. The molecule has 0 saturated carbocycles. The quantitative estimate of drug-likeness (QED) is 0.284. The minimum atomic E-state index is -0.996. The fourth-order valence-electron chi connectivity index (χ4n) is 1.78. The van der Waals surface area contributed by atoms with Crippen LogP contribution in [0.3, 0.4) is 0 Å². The highest BCUT2D eigenvalue weighted by atomic mass is 16.6. The van der Waals surface area contributed by atoms with Crippen LogP contribution in [-0.2, 0) is 28.5 Å². The zero-order chi connectivity index (χ0) is 18.8. The molecule has 0 aromatic heterocycles. The van der Waals surface area contributed by atoms with E-state index in [9.17, 15) is 9.59 Å². The Balaban J connectivity index is 3.24. The third kappa shape index (κ3) is 17.4. The monoisotopic (exact) mass is 364 g/mol. The van der Waals surface area contributed by atoms with Crippen molar-refractivity contribution in [3.05, 3.63) is 0 Å². The summed E-state index contributed by atoms with van der Waals surface area (Å²) in [6.07, 6.45) is 2.06. The van der Waals surface area contributed by atoms with Gasteiger partial charge in [0, 0.05) is 20.1 Å². The highest BCUT2D eigenvalue weighted by Gasteiger charge is 2.10. The van der Waals surface area contributed by atoms with Crippen molar-refractivity contribution in [2.75, 3.05) is 59.9 Å². The normalized spacial score (nSPS) is 12.1. The number of unbranched alkanes of at least 4 members (excludes halogenated alkanes) is 1. The first-order valence-electron chi connectivity index (χ1n) is 8.55. The van der Waals surface area contributed by atoms with Gasteiger partial charge in [0.1, 0.15) is 6.04 Å². The number of hydrogen-bond acceptors (Lipinski definition) is 7. The molecule has 25 heavy (non-hydrogen) atoms. The molecule has 9 nitrogen and oxygen atoms in total. The van der Waals surface area contributed by atoms with Gasteiger partial charge in [-0.25, -0.2) is 0 Å². The summed E-state index contributed by atoms with van der Waals surface area (Å²) in [5.74, 6) is -1.08. The van der Waals surface area contributed by atoms with Crippen LogP contribution in [0.25, 0.3) is 0 Å². The summed E-state index contributed by atoms with van der Waals surface area (Å²) in [5.41, 5.74) is 5.38. The average molecular weight is 364 g/mol. The van der Waals surface area contributed by atoms with Crippen molar-refractivity contribution in [1.82, 2.24) is 5.32 Å². The van der Waals surface area contributed by atoms with Gasteiger partial charge in [-0.05, 0) is 19.3 Å². The molecular weight excluding hydrogens is 332 g/mol. The molecule has 0 radical (unpaired) electrons. The minimum absolute atomic E-state index is 0.0880. The van der Waals surface area contributed by atoms with Crippen LogP contribution in [0.1, 0.15) is 25.7 Å². The molecule has 9 heteroatoms. The zero-order valence-electron chi connectivity index (χ0n) is 15.0. The van der Waals surface area contributed by atoms with Crippen molar-refractivity contribution >= 4 is 11.9 Å². The van der Waals surface area contributed by atoms with Crippen molar-refractivity contribution in [3.8, 4) is 0 Å². The predicted molar refractivity (Wildman–Crippen MR) is 91.4 cm³/mol. The van der Waals surface area contributed by atoms with Crippen LogP contribution in [0, 0.1) is 0 Å². The van der Waals surface area contributed by atoms with E-state index in [4.69, 9.17) is 29.8 Å². The largest absolute Gasteiger partial charge is 0.480 e. The Morgan fingerprint density at radius 3 is 2.08 bits per heavy atom. The van der Waals surface area contributed by atoms with E-state index in [1.807, 2.05) is 0 Å². The first kappa shape index (κ1) is 23.7. The lowest BCUT2D eigenvalue weighted by atomic mass is 10.1. The summed E-state index contributed by atoms with van der Waals surface area (Å²) in [4.78, 5) is 22.1. The van der Waals surface area contributed by atoms with E-state index < -0.39 is 12.0 Å². The van der Waals surface area contributed by atoms with Crippen LogP contribution in [0.2, 0.25) is 0 Å². The van der Waals surface area contributed by atoms with Gasteiger partial charge >= 0.3 is 5.97 Å². The van der Waals surface area contributed by atoms with Crippen molar-refractivity contribution in [2.24, 2.45) is 5.73 Å². The molecule has 1 amide bonds. The van der Waals surface area contributed by atoms with Crippen LogP contribution in [0.5, 0.6) is 0 Å². The summed E-state index contributed by atoms with van der Waals surface area (Å²) in [7, 11) is 1.62. The number of nitrogens with one attached hydrogen (secondary N) is 1. The summed E-state index contributed by atoms with van der Waals surface area (Å²) >= 11 is 0. The molecule has 0 aliphatic heterocycles. The van der Waals surface area contributed by atoms with Crippen LogP contribution in [0.4, 0.5) is 0 Å². The highest BCUT2D eigenvalue weighted by molar-refractivity contribution is 5.75.